The third-order valence-corrected chi connectivity index (χ3v) is 3.68. The number of carbonyl (C=O) groups excluding carboxylic acids is 1. The first kappa shape index (κ1) is 15.7. The molecule has 0 heterocycles. The van der Waals surface area contributed by atoms with Crippen LogP contribution in [0.3, 0.4) is 0 Å². The number of nitrogens with one attached hydrogen (secondary N) is 1. The zero-order valence-corrected chi connectivity index (χ0v) is 13.4. The van der Waals surface area contributed by atoms with E-state index in [9.17, 15) is 4.79 Å². The maximum atomic E-state index is 12.0. The van der Waals surface area contributed by atoms with Crippen molar-refractivity contribution in [1.82, 2.24) is 5.43 Å². The highest BCUT2D eigenvalue weighted by molar-refractivity contribution is 5.95. The van der Waals surface area contributed by atoms with E-state index in [4.69, 9.17) is 0 Å². The molecular weight excluding hydrogens is 296 g/mol. The topological polar surface area (TPSA) is 41.5 Å². The summed E-state index contributed by atoms with van der Waals surface area (Å²) in [5.74, 6) is -0.212. The fourth-order valence-electron chi connectivity index (χ4n) is 2.41. The molecule has 0 aliphatic rings. The van der Waals surface area contributed by atoms with Crippen molar-refractivity contribution in [1.29, 1.82) is 0 Å². The van der Waals surface area contributed by atoms with Gasteiger partial charge in [0.05, 0.1) is 6.21 Å². The molecule has 0 radical (unpaired) electrons. The molecule has 0 fully saturated rings. The molecule has 24 heavy (non-hydrogen) atoms. The van der Waals surface area contributed by atoms with Gasteiger partial charge in [-0.05, 0) is 35.7 Å². The summed E-state index contributed by atoms with van der Waals surface area (Å²) in [5.41, 5.74) is 7.45. The van der Waals surface area contributed by atoms with Crippen molar-refractivity contribution < 1.29 is 4.79 Å². The van der Waals surface area contributed by atoms with Crippen LogP contribution >= 0.6 is 0 Å². The minimum absolute atomic E-state index is 0.212. The monoisotopic (exact) mass is 314 g/mol. The van der Waals surface area contributed by atoms with E-state index < -0.39 is 0 Å². The Balaban J connectivity index is 1.64. The lowest BCUT2D eigenvalue weighted by atomic mass is 10.0. The Hall–Kier alpha value is -3.20. The van der Waals surface area contributed by atoms with Gasteiger partial charge < -0.3 is 0 Å². The molecule has 0 bridgehead atoms. The van der Waals surface area contributed by atoms with Crippen LogP contribution < -0.4 is 5.43 Å². The second kappa shape index (κ2) is 7.38. The van der Waals surface area contributed by atoms with Gasteiger partial charge in [0.1, 0.15) is 0 Å². The van der Waals surface area contributed by atoms with Crippen molar-refractivity contribution in [3.63, 3.8) is 0 Å². The summed E-state index contributed by atoms with van der Waals surface area (Å²) in [6.45, 7) is 1.95. The van der Waals surface area contributed by atoms with Gasteiger partial charge in [0.15, 0.2) is 0 Å². The van der Waals surface area contributed by atoms with Gasteiger partial charge in [-0.15, -0.1) is 0 Å². The van der Waals surface area contributed by atoms with E-state index in [-0.39, 0.29) is 5.91 Å². The van der Waals surface area contributed by atoms with Crippen LogP contribution in [0.25, 0.3) is 11.1 Å². The van der Waals surface area contributed by atoms with Gasteiger partial charge in [-0.2, -0.15) is 5.10 Å². The summed E-state index contributed by atoms with van der Waals surface area (Å²) in [6.07, 6.45) is 1.64. The number of nitrogens with zero attached hydrogens (tertiary/aromatic N) is 1. The first-order chi connectivity index (χ1) is 11.7. The van der Waals surface area contributed by atoms with Crippen molar-refractivity contribution in [2.24, 2.45) is 5.10 Å². The average molecular weight is 314 g/mol. The molecule has 1 amide bonds. The zero-order valence-electron chi connectivity index (χ0n) is 13.4. The Morgan fingerprint density at radius 3 is 2.29 bits per heavy atom. The number of benzene rings is 3. The fraction of sp³-hybridized carbons (Fsp3) is 0.0476. The van der Waals surface area contributed by atoms with Crippen LogP contribution in [-0.2, 0) is 0 Å². The Labute approximate surface area is 141 Å². The lowest BCUT2D eigenvalue weighted by Gasteiger charge is -2.02. The maximum absolute atomic E-state index is 12.0. The molecule has 0 spiro atoms. The maximum Gasteiger partial charge on any atom is 0.271 e. The molecule has 0 aliphatic carbocycles. The highest BCUT2D eigenvalue weighted by atomic mass is 16.2. The van der Waals surface area contributed by atoms with Gasteiger partial charge in [-0.25, -0.2) is 5.43 Å². The second-order valence-electron chi connectivity index (χ2n) is 5.56. The van der Waals surface area contributed by atoms with Crippen molar-refractivity contribution in [2.75, 3.05) is 0 Å². The molecule has 3 heteroatoms. The number of aryl methyl sites for hydroxylation is 1. The Morgan fingerprint density at radius 1 is 0.875 bits per heavy atom. The first-order valence-corrected chi connectivity index (χ1v) is 7.78. The number of amides is 1. The van der Waals surface area contributed by atoms with E-state index in [1.807, 2.05) is 67.6 Å². The van der Waals surface area contributed by atoms with E-state index in [2.05, 4.69) is 22.7 Å². The molecular formula is C21H18N2O. The van der Waals surface area contributed by atoms with E-state index >= 15 is 0 Å². The largest absolute Gasteiger partial charge is 0.271 e. The van der Waals surface area contributed by atoms with E-state index in [1.165, 1.54) is 5.56 Å². The lowest BCUT2D eigenvalue weighted by molar-refractivity contribution is 0.0955. The van der Waals surface area contributed by atoms with Gasteiger partial charge in [-0.1, -0.05) is 72.3 Å². The van der Waals surface area contributed by atoms with Crippen LogP contribution in [-0.4, -0.2) is 12.1 Å². The highest BCUT2D eigenvalue weighted by Crippen LogP contribution is 2.18. The molecule has 3 nitrogen and oxygen atoms in total. The normalized spacial score (nSPS) is 10.7. The minimum atomic E-state index is -0.212. The SMILES string of the molecule is Cc1cccc(C(=O)N/N=C/c2ccc(-c3ccccc3)cc2)c1. The molecule has 3 rings (SSSR count). The minimum Gasteiger partial charge on any atom is -0.267 e. The van der Waals surface area contributed by atoms with Gasteiger partial charge in [0.2, 0.25) is 0 Å². The zero-order chi connectivity index (χ0) is 16.8. The van der Waals surface area contributed by atoms with Gasteiger partial charge >= 0.3 is 0 Å². The van der Waals surface area contributed by atoms with Crippen molar-refractivity contribution >= 4 is 12.1 Å². The summed E-state index contributed by atoms with van der Waals surface area (Å²) in [7, 11) is 0. The summed E-state index contributed by atoms with van der Waals surface area (Å²) < 4.78 is 0. The molecule has 0 saturated heterocycles. The van der Waals surface area contributed by atoms with Crippen LogP contribution in [0.4, 0.5) is 0 Å². The Morgan fingerprint density at radius 2 is 1.58 bits per heavy atom. The van der Waals surface area contributed by atoms with E-state index in [1.54, 1.807) is 12.3 Å². The summed E-state index contributed by atoms with van der Waals surface area (Å²) in [6, 6.07) is 25.6. The lowest BCUT2D eigenvalue weighted by Crippen LogP contribution is -2.17. The molecule has 1 N–H and O–H groups in total. The van der Waals surface area contributed by atoms with Crippen LogP contribution in [0.2, 0.25) is 0 Å². The summed E-state index contributed by atoms with van der Waals surface area (Å²) >= 11 is 0. The standard InChI is InChI=1S/C21H18N2O/c1-16-6-5-9-20(14-16)21(24)23-22-15-17-10-12-19(13-11-17)18-7-3-2-4-8-18/h2-15H,1H3,(H,23,24)/b22-15+. The highest BCUT2D eigenvalue weighted by Gasteiger charge is 2.03. The van der Waals surface area contributed by atoms with Crippen LogP contribution in [0.1, 0.15) is 21.5 Å². The molecule has 3 aromatic carbocycles. The molecule has 3 aromatic rings. The van der Waals surface area contributed by atoms with Crippen LogP contribution in [0, 0.1) is 6.92 Å². The van der Waals surface area contributed by atoms with Crippen molar-refractivity contribution in [3.8, 4) is 11.1 Å². The number of rotatable bonds is 4. The predicted molar refractivity (Wildman–Crippen MR) is 98.1 cm³/mol. The van der Waals surface area contributed by atoms with Gasteiger partial charge in [-0.3, -0.25) is 4.79 Å². The first-order valence-electron chi connectivity index (χ1n) is 7.78. The van der Waals surface area contributed by atoms with Crippen LogP contribution in [0.5, 0.6) is 0 Å². The Kier molecular flexibility index (Phi) is 4.82. The molecule has 0 unspecified atom stereocenters. The van der Waals surface area contributed by atoms with Gasteiger partial charge in [0, 0.05) is 5.56 Å². The number of hydrogen-bond donors (Lipinski definition) is 1. The van der Waals surface area contributed by atoms with E-state index in [0.29, 0.717) is 5.56 Å². The quantitative estimate of drug-likeness (QED) is 0.562. The van der Waals surface area contributed by atoms with Gasteiger partial charge in [0.25, 0.3) is 5.91 Å². The third kappa shape index (κ3) is 3.96. The second-order valence-corrected chi connectivity index (χ2v) is 5.56. The number of carbonyl (C=O) groups is 1. The van der Waals surface area contributed by atoms with Crippen LogP contribution in [0.15, 0.2) is 84.0 Å². The predicted octanol–water partition coefficient (Wildman–Crippen LogP) is 4.43. The molecule has 0 saturated carbocycles. The average Bonchev–Trinajstić information content (AvgIpc) is 2.63. The van der Waals surface area contributed by atoms with Crippen molar-refractivity contribution in [2.45, 2.75) is 6.92 Å². The molecule has 118 valence electrons. The van der Waals surface area contributed by atoms with Crippen molar-refractivity contribution in [3.05, 3.63) is 95.6 Å². The molecule has 0 aromatic heterocycles. The Bertz CT molecular complexity index is 853. The number of hydrogen-bond acceptors (Lipinski definition) is 2. The molecule has 0 atom stereocenters. The summed E-state index contributed by atoms with van der Waals surface area (Å²) in [4.78, 5) is 12.0. The third-order valence-electron chi connectivity index (χ3n) is 3.68. The summed E-state index contributed by atoms with van der Waals surface area (Å²) in [5, 5.41) is 4.03. The smallest absolute Gasteiger partial charge is 0.267 e. The number of hydrazone groups is 1. The molecule has 0 aliphatic heterocycles. The fourth-order valence-corrected chi connectivity index (χ4v) is 2.41. The van der Waals surface area contributed by atoms with E-state index in [0.717, 1.165) is 16.7 Å².